The van der Waals surface area contributed by atoms with Gasteiger partial charge in [-0.15, -0.1) is 11.6 Å². The standard InChI is InChI=1S/C14H20ClNO2/c1-11-4-5-13(12(2)8-11)10-16(6-7-18-3)14(17)9-15/h4-5,8H,6-7,9-10H2,1-3H3. The maximum atomic E-state index is 11.7. The number of rotatable bonds is 6. The van der Waals surface area contributed by atoms with E-state index >= 15 is 0 Å². The zero-order valence-corrected chi connectivity index (χ0v) is 12.0. The van der Waals surface area contributed by atoms with E-state index in [-0.39, 0.29) is 11.8 Å². The van der Waals surface area contributed by atoms with Crippen LogP contribution in [-0.2, 0) is 16.1 Å². The van der Waals surface area contributed by atoms with Crippen LogP contribution in [0.1, 0.15) is 16.7 Å². The highest BCUT2D eigenvalue weighted by Crippen LogP contribution is 2.13. The number of carbonyl (C=O) groups is 1. The minimum Gasteiger partial charge on any atom is -0.383 e. The first-order valence-electron chi connectivity index (χ1n) is 5.97. The fraction of sp³-hybridized carbons (Fsp3) is 0.500. The lowest BCUT2D eigenvalue weighted by Crippen LogP contribution is -2.34. The van der Waals surface area contributed by atoms with E-state index in [4.69, 9.17) is 16.3 Å². The topological polar surface area (TPSA) is 29.5 Å². The van der Waals surface area contributed by atoms with Crippen molar-refractivity contribution in [1.29, 1.82) is 0 Å². The summed E-state index contributed by atoms with van der Waals surface area (Å²) in [4.78, 5) is 13.5. The lowest BCUT2D eigenvalue weighted by molar-refractivity contribution is -0.129. The van der Waals surface area contributed by atoms with Gasteiger partial charge in [0.15, 0.2) is 0 Å². The van der Waals surface area contributed by atoms with Crippen LogP contribution in [0.5, 0.6) is 0 Å². The van der Waals surface area contributed by atoms with Crippen LogP contribution in [0.2, 0.25) is 0 Å². The lowest BCUT2D eigenvalue weighted by atomic mass is 10.1. The first kappa shape index (κ1) is 15.0. The Morgan fingerprint density at radius 1 is 1.39 bits per heavy atom. The molecule has 1 amide bonds. The first-order valence-corrected chi connectivity index (χ1v) is 6.50. The molecule has 0 saturated heterocycles. The summed E-state index contributed by atoms with van der Waals surface area (Å²) < 4.78 is 5.02. The van der Waals surface area contributed by atoms with Crippen molar-refractivity contribution in [2.75, 3.05) is 26.1 Å². The van der Waals surface area contributed by atoms with Gasteiger partial charge in [0, 0.05) is 20.2 Å². The number of hydrogen-bond donors (Lipinski definition) is 0. The van der Waals surface area contributed by atoms with Crippen molar-refractivity contribution in [1.82, 2.24) is 4.90 Å². The number of amides is 1. The Balaban J connectivity index is 2.78. The van der Waals surface area contributed by atoms with Gasteiger partial charge in [-0.05, 0) is 25.0 Å². The van der Waals surface area contributed by atoms with Gasteiger partial charge in [0.25, 0.3) is 0 Å². The van der Waals surface area contributed by atoms with Crippen molar-refractivity contribution in [2.24, 2.45) is 0 Å². The zero-order valence-electron chi connectivity index (χ0n) is 11.2. The number of hydrogen-bond acceptors (Lipinski definition) is 2. The highest BCUT2D eigenvalue weighted by atomic mass is 35.5. The Morgan fingerprint density at radius 2 is 2.11 bits per heavy atom. The molecule has 0 heterocycles. The zero-order chi connectivity index (χ0) is 13.5. The molecule has 100 valence electrons. The van der Waals surface area contributed by atoms with Gasteiger partial charge in [0.2, 0.25) is 5.91 Å². The van der Waals surface area contributed by atoms with Gasteiger partial charge in [-0.25, -0.2) is 0 Å². The molecule has 0 bridgehead atoms. The Bertz CT molecular complexity index is 407. The molecule has 0 spiro atoms. The van der Waals surface area contributed by atoms with Gasteiger partial charge in [-0.2, -0.15) is 0 Å². The molecule has 0 saturated carbocycles. The molecule has 3 nitrogen and oxygen atoms in total. The molecule has 1 rings (SSSR count). The van der Waals surface area contributed by atoms with Gasteiger partial charge in [0.05, 0.1) is 6.61 Å². The van der Waals surface area contributed by atoms with E-state index in [1.165, 1.54) is 11.1 Å². The molecule has 18 heavy (non-hydrogen) atoms. The van der Waals surface area contributed by atoms with Crippen LogP contribution in [0.3, 0.4) is 0 Å². The summed E-state index contributed by atoms with van der Waals surface area (Å²) in [5.74, 6) is -0.0528. The molecular weight excluding hydrogens is 250 g/mol. The van der Waals surface area contributed by atoms with Crippen molar-refractivity contribution in [3.8, 4) is 0 Å². The second-order valence-corrected chi connectivity index (χ2v) is 4.64. The van der Waals surface area contributed by atoms with Crippen LogP contribution >= 0.6 is 11.6 Å². The molecule has 0 unspecified atom stereocenters. The summed E-state index contributed by atoms with van der Waals surface area (Å²) in [5, 5.41) is 0. The molecule has 0 atom stereocenters. The third-order valence-corrected chi connectivity index (χ3v) is 3.12. The number of aryl methyl sites for hydroxylation is 2. The fourth-order valence-electron chi connectivity index (χ4n) is 1.81. The molecular formula is C14H20ClNO2. The number of halogens is 1. The van der Waals surface area contributed by atoms with E-state index in [1.54, 1.807) is 12.0 Å². The van der Waals surface area contributed by atoms with Crippen LogP contribution in [0.15, 0.2) is 18.2 Å². The summed E-state index contributed by atoms with van der Waals surface area (Å²) in [6, 6.07) is 6.24. The molecule has 0 aliphatic carbocycles. The second-order valence-electron chi connectivity index (χ2n) is 4.37. The van der Waals surface area contributed by atoms with Gasteiger partial charge in [0.1, 0.15) is 5.88 Å². The largest absolute Gasteiger partial charge is 0.383 e. The Labute approximate surface area is 114 Å². The molecule has 0 aliphatic rings. The van der Waals surface area contributed by atoms with Crippen molar-refractivity contribution >= 4 is 17.5 Å². The Morgan fingerprint density at radius 3 is 2.67 bits per heavy atom. The minimum absolute atomic E-state index is 0.00855. The van der Waals surface area contributed by atoms with E-state index in [1.807, 2.05) is 0 Å². The van der Waals surface area contributed by atoms with Gasteiger partial charge >= 0.3 is 0 Å². The van der Waals surface area contributed by atoms with E-state index in [0.717, 1.165) is 5.56 Å². The van der Waals surface area contributed by atoms with Crippen molar-refractivity contribution in [2.45, 2.75) is 20.4 Å². The molecule has 0 aliphatic heterocycles. The second kappa shape index (κ2) is 7.39. The monoisotopic (exact) mass is 269 g/mol. The molecule has 4 heteroatoms. The Hall–Kier alpha value is -1.06. The Kier molecular flexibility index (Phi) is 6.16. The van der Waals surface area contributed by atoms with Crippen LogP contribution in [0.25, 0.3) is 0 Å². The maximum absolute atomic E-state index is 11.7. The van der Waals surface area contributed by atoms with Gasteiger partial charge in [-0.3, -0.25) is 4.79 Å². The van der Waals surface area contributed by atoms with Crippen molar-refractivity contribution < 1.29 is 9.53 Å². The summed E-state index contributed by atoms with van der Waals surface area (Å²) in [5.41, 5.74) is 3.57. The highest BCUT2D eigenvalue weighted by Gasteiger charge is 2.13. The predicted octanol–water partition coefficient (Wildman–Crippen LogP) is 2.52. The summed E-state index contributed by atoms with van der Waals surface area (Å²) >= 11 is 5.62. The average Bonchev–Trinajstić information content (AvgIpc) is 2.36. The van der Waals surface area contributed by atoms with E-state index in [2.05, 4.69) is 32.0 Å². The maximum Gasteiger partial charge on any atom is 0.237 e. The van der Waals surface area contributed by atoms with Crippen molar-refractivity contribution in [3.05, 3.63) is 34.9 Å². The number of carbonyl (C=O) groups excluding carboxylic acids is 1. The van der Waals surface area contributed by atoms with Gasteiger partial charge < -0.3 is 9.64 Å². The average molecular weight is 270 g/mol. The van der Waals surface area contributed by atoms with Crippen LogP contribution < -0.4 is 0 Å². The minimum atomic E-state index is -0.0614. The molecule has 0 radical (unpaired) electrons. The van der Waals surface area contributed by atoms with Crippen molar-refractivity contribution in [3.63, 3.8) is 0 Å². The number of nitrogens with zero attached hydrogens (tertiary/aromatic N) is 1. The summed E-state index contributed by atoms with van der Waals surface area (Å²) in [6.45, 7) is 5.79. The first-order chi connectivity index (χ1) is 8.58. The number of ether oxygens (including phenoxy) is 1. The smallest absolute Gasteiger partial charge is 0.237 e. The normalized spacial score (nSPS) is 10.4. The fourth-order valence-corrected chi connectivity index (χ4v) is 1.98. The third-order valence-electron chi connectivity index (χ3n) is 2.89. The third kappa shape index (κ3) is 4.31. The lowest BCUT2D eigenvalue weighted by Gasteiger charge is -2.22. The quantitative estimate of drug-likeness (QED) is 0.743. The summed E-state index contributed by atoms with van der Waals surface area (Å²) in [6.07, 6.45) is 0. The van der Waals surface area contributed by atoms with Crippen LogP contribution in [-0.4, -0.2) is 36.9 Å². The molecule has 1 aromatic rings. The number of benzene rings is 1. The number of methoxy groups -OCH3 is 1. The molecule has 0 fully saturated rings. The predicted molar refractivity (Wildman–Crippen MR) is 73.9 cm³/mol. The van der Waals surface area contributed by atoms with E-state index < -0.39 is 0 Å². The molecule has 1 aromatic carbocycles. The van der Waals surface area contributed by atoms with Gasteiger partial charge in [-0.1, -0.05) is 23.8 Å². The summed E-state index contributed by atoms with van der Waals surface area (Å²) in [7, 11) is 1.63. The highest BCUT2D eigenvalue weighted by molar-refractivity contribution is 6.27. The molecule has 0 aromatic heterocycles. The SMILES string of the molecule is COCCN(Cc1ccc(C)cc1C)C(=O)CCl. The van der Waals surface area contributed by atoms with E-state index in [9.17, 15) is 4.79 Å². The van der Waals surface area contributed by atoms with Crippen LogP contribution in [0, 0.1) is 13.8 Å². The van der Waals surface area contributed by atoms with E-state index in [0.29, 0.717) is 19.7 Å². The van der Waals surface area contributed by atoms with Crippen LogP contribution in [0.4, 0.5) is 0 Å². The molecule has 0 N–H and O–H groups in total. The number of alkyl halides is 1.